The van der Waals surface area contributed by atoms with Crippen molar-refractivity contribution in [3.05, 3.63) is 60.3 Å². The molecule has 0 amide bonds. The molecule has 7 heteroatoms. The fourth-order valence-electron chi connectivity index (χ4n) is 2.12. The highest BCUT2D eigenvalue weighted by atomic mass is 19.2. The summed E-state index contributed by atoms with van der Waals surface area (Å²) in [7, 11) is -1.00. The van der Waals surface area contributed by atoms with Crippen LogP contribution in [0.3, 0.4) is 0 Å². The van der Waals surface area contributed by atoms with Crippen LogP contribution in [0.25, 0.3) is 22.2 Å². The monoisotopic (exact) mass is 299 g/mol. The fraction of sp³-hybridized carbons (Fsp3) is 0.0667. The molecule has 109 valence electrons. The fourth-order valence-corrected chi connectivity index (χ4v) is 2.12. The minimum absolute atomic E-state index is 0.462. The molecule has 0 bridgehead atoms. The molecule has 1 radical (unpaired) electrons. The molecule has 0 aliphatic carbocycles. The average molecular weight is 299 g/mol. The first-order valence-electron chi connectivity index (χ1n) is 6.51. The van der Waals surface area contributed by atoms with E-state index in [1.165, 1.54) is 0 Å². The number of nitrogens with zero attached hydrogens (tertiary/aromatic N) is 2. The molecule has 0 aliphatic rings. The molecule has 0 spiro atoms. The Bertz CT molecular complexity index is 753. The van der Waals surface area contributed by atoms with Crippen LogP contribution in [0.1, 0.15) is 11.8 Å². The van der Waals surface area contributed by atoms with Crippen molar-refractivity contribution in [1.29, 1.82) is 0 Å². The molecule has 0 aliphatic heterocycles. The van der Waals surface area contributed by atoms with Gasteiger partial charge in [-0.05, 0) is 24.3 Å². The van der Waals surface area contributed by atoms with Gasteiger partial charge in [0.1, 0.15) is 17.5 Å². The van der Waals surface area contributed by atoms with Crippen molar-refractivity contribution < 1.29 is 17.5 Å². The summed E-state index contributed by atoms with van der Waals surface area (Å²) in [5.41, 5.74) is 3.28. The van der Waals surface area contributed by atoms with Gasteiger partial charge < -0.3 is 8.83 Å². The van der Waals surface area contributed by atoms with Crippen molar-refractivity contribution in [2.75, 3.05) is 0 Å². The average Bonchev–Trinajstić information content (AvgIpc) is 3.10. The lowest BCUT2D eigenvalue weighted by Gasteiger charge is -1.87. The minimum atomic E-state index is -1.00. The molecule has 2 aromatic carbocycles. The highest BCUT2D eigenvalue weighted by Gasteiger charge is 2.11. The second-order valence-corrected chi connectivity index (χ2v) is 4.41. The van der Waals surface area contributed by atoms with Gasteiger partial charge in [0, 0.05) is 0 Å². The van der Waals surface area contributed by atoms with E-state index in [2.05, 4.69) is 9.97 Å². The number of fused-ring (bicyclic) bond motifs is 2. The summed E-state index contributed by atoms with van der Waals surface area (Å²) in [5, 5.41) is 0. The van der Waals surface area contributed by atoms with Crippen LogP contribution in [-0.2, 0) is 6.42 Å². The molecule has 0 saturated heterocycles. The molecule has 0 atom stereocenters. The van der Waals surface area contributed by atoms with Gasteiger partial charge in [-0.2, -0.15) is 0 Å². The molecule has 0 fully saturated rings. The summed E-state index contributed by atoms with van der Waals surface area (Å²) in [6.07, 6.45) is 0.462. The van der Waals surface area contributed by atoms with E-state index in [4.69, 9.17) is 8.83 Å². The normalized spacial score (nSPS) is 10.5. The molecular weight excluding hydrogens is 289 g/mol. The van der Waals surface area contributed by atoms with Crippen LogP contribution < -0.4 is 0 Å². The Morgan fingerprint density at radius 2 is 1.18 bits per heavy atom. The molecule has 2 aromatic heterocycles. The Labute approximate surface area is 125 Å². The number of hydrogen-bond acceptors (Lipinski definition) is 4. The first-order chi connectivity index (χ1) is 10.8. The van der Waals surface area contributed by atoms with Gasteiger partial charge in [0.2, 0.25) is 11.8 Å². The number of rotatable bonds is 2. The largest absolute Gasteiger partial charge is 0.577 e. The third-order valence-electron chi connectivity index (χ3n) is 2.98. The Morgan fingerprint density at radius 1 is 0.773 bits per heavy atom. The maximum Gasteiger partial charge on any atom is 0.577 e. The van der Waals surface area contributed by atoms with E-state index in [0.717, 1.165) is 22.2 Å². The van der Waals surface area contributed by atoms with Crippen molar-refractivity contribution in [3.8, 4) is 0 Å². The zero-order valence-corrected chi connectivity index (χ0v) is 11.4. The minimum Gasteiger partial charge on any atom is -0.440 e. The summed E-state index contributed by atoms with van der Waals surface area (Å²) >= 11 is 0. The van der Waals surface area contributed by atoms with Crippen LogP contribution in [0.4, 0.5) is 8.63 Å². The van der Waals surface area contributed by atoms with Crippen LogP contribution in [0, 0.1) is 0 Å². The Balaban J connectivity index is 0.000000446. The standard InChI is InChI=1S/C15H10N2O2.BF2/c1-3-7-12-10(5-1)16-14(18-12)9-15-17-11-6-2-4-8-13(11)19-15;2-1-3/h1-8H,9H2;. The zero-order valence-electron chi connectivity index (χ0n) is 11.4. The Hall–Kier alpha value is -2.70. The maximum atomic E-state index is 9.50. The summed E-state index contributed by atoms with van der Waals surface area (Å²) < 4.78 is 30.3. The SMILES string of the molecule is F[B]F.c1ccc2oc(Cc3nc4ccccc4o3)nc2c1. The number of benzene rings is 2. The number of hydrogen-bond donors (Lipinski definition) is 0. The van der Waals surface area contributed by atoms with Crippen LogP contribution >= 0.6 is 0 Å². The lowest BCUT2D eigenvalue weighted by molar-refractivity contribution is 0.488. The molecule has 4 rings (SSSR count). The summed E-state index contributed by atoms with van der Waals surface area (Å²) in [6.45, 7) is 0. The quantitative estimate of drug-likeness (QED) is 0.525. The van der Waals surface area contributed by atoms with Crippen molar-refractivity contribution in [3.63, 3.8) is 0 Å². The molecule has 0 N–H and O–H groups in total. The van der Waals surface area contributed by atoms with Gasteiger partial charge in [0.05, 0.1) is 0 Å². The topological polar surface area (TPSA) is 52.1 Å². The summed E-state index contributed by atoms with van der Waals surface area (Å²) in [4.78, 5) is 8.82. The van der Waals surface area contributed by atoms with Gasteiger partial charge in [0.25, 0.3) is 0 Å². The number of para-hydroxylation sites is 4. The van der Waals surface area contributed by atoms with E-state index in [0.29, 0.717) is 18.2 Å². The van der Waals surface area contributed by atoms with E-state index in [9.17, 15) is 8.63 Å². The molecule has 0 saturated carbocycles. The van der Waals surface area contributed by atoms with Gasteiger partial charge >= 0.3 is 7.83 Å². The van der Waals surface area contributed by atoms with Gasteiger partial charge in [-0.25, -0.2) is 9.97 Å². The maximum absolute atomic E-state index is 9.50. The molecule has 0 unspecified atom stereocenters. The summed E-state index contributed by atoms with van der Waals surface area (Å²) in [5.74, 6) is 1.24. The van der Waals surface area contributed by atoms with E-state index < -0.39 is 7.83 Å². The highest BCUT2D eigenvalue weighted by Crippen LogP contribution is 2.20. The van der Waals surface area contributed by atoms with Crippen LogP contribution in [0.2, 0.25) is 0 Å². The Kier molecular flexibility index (Phi) is 4.13. The van der Waals surface area contributed by atoms with Gasteiger partial charge in [-0.3, -0.25) is 8.63 Å². The predicted molar refractivity (Wildman–Crippen MR) is 78.8 cm³/mol. The second-order valence-electron chi connectivity index (χ2n) is 4.41. The second kappa shape index (κ2) is 6.38. The summed E-state index contributed by atoms with van der Waals surface area (Å²) in [6, 6.07) is 15.4. The van der Waals surface area contributed by atoms with Crippen molar-refractivity contribution >= 4 is 30.0 Å². The van der Waals surface area contributed by atoms with Crippen LogP contribution in [-0.4, -0.2) is 17.8 Å². The smallest absolute Gasteiger partial charge is 0.440 e. The molecule has 22 heavy (non-hydrogen) atoms. The van der Waals surface area contributed by atoms with Crippen molar-refractivity contribution in [2.45, 2.75) is 6.42 Å². The molecule has 4 nitrogen and oxygen atoms in total. The van der Waals surface area contributed by atoms with E-state index in [-0.39, 0.29) is 0 Å². The Morgan fingerprint density at radius 3 is 1.59 bits per heavy atom. The van der Waals surface area contributed by atoms with Crippen LogP contribution in [0.15, 0.2) is 57.4 Å². The number of oxazole rings is 2. The van der Waals surface area contributed by atoms with Crippen LogP contribution in [0.5, 0.6) is 0 Å². The van der Waals surface area contributed by atoms with Gasteiger partial charge in [-0.1, -0.05) is 24.3 Å². The van der Waals surface area contributed by atoms with Gasteiger partial charge in [0.15, 0.2) is 11.2 Å². The number of aromatic nitrogens is 2. The lowest BCUT2D eigenvalue weighted by Crippen LogP contribution is -1.87. The predicted octanol–water partition coefficient (Wildman–Crippen LogP) is 4.02. The van der Waals surface area contributed by atoms with E-state index >= 15 is 0 Å². The van der Waals surface area contributed by atoms with Gasteiger partial charge in [-0.15, -0.1) is 0 Å². The lowest BCUT2D eigenvalue weighted by atomic mass is 10.3. The van der Waals surface area contributed by atoms with Crippen molar-refractivity contribution in [2.24, 2.45) is 0 Å². The van der Waals surface area contributed by atoms with E-state index in [1.807, 2.05) is 48.5 Å². The molecule has 2 heterocycles. The van der Waals surface area contributed by atoms with Crippen molar-refractivity contribution in [1.82, 2.24) is 9.97 Å². The first kappa shape index (κ1) is 14.3. The third kappa shape index (κ3) is 2.98. The van der Waals surface area contributed by atoms with E-state index in [1.54, 1.807) is 0 Å². The number of halogens is 2. The third-order valence-corrected chi connectivity index (χ3v) is 2.98. The molecular formula is C15H10BF2N2O2. The highest BCUT2D eigenvalue weighted by molar-refractivity contribution is 6.15. The zero-order chi connectivity index (χ0) is 15.4. The molecule has 4 aromatic rings. The first-order valence-corrected chi connectivity index (χ1v) is 6.51.